The minimum atomic E-state index is 0.0839. The van der Waals surface area contributed by atoms with Crippen molar-refractivity contribution in [1.82, 2.24) is 10.2 Å². The molecule has 4 atom stereocenters. The molecule has 0 bridgehead atoms. The van der Waals surface area contributed by atoms with E-state index >= 15 is 0 Å². The van der Waals surface area contributed by atoms with Crippen LogP contribution in [0, 0.1) is 23.2 Å². The van der Waals surface area contributed by atoms with Gasteiger partial charge in [0.15, 0.2) is 0 Å². The Balaban J connectivity index is 2.07. The van der Waals surface area contributed by atoms with Gasteiger partial charge in [0.25, 0.3) is 0 Å². The summed E-state index contributed by atoms with van der Waals surface area (Å²) in [6.07, 6.45) is 0. The molecule has 2 rings (SSSR count). The average Bonchev–Trinajstić information content (AvgIpc) is 2.68. The predicted octanol–water partition coefficient (Wildman–Crippen LogP) is 0.438. The molecule has 2 aliphatic rings. The number of hydrogen-bond acceptors (Lipinski definition) is 3. The van der Waals surface area contributed by atoms with Crippen LogP contribution in [0.4, 0.5) is 0 Å². The van der Waals surface area contributed by atoms with E-state index in [2.05, 4.69) is 23.2 Å². The van der Waals surface area contributed by atoms with E-state index in [1.54, 1.807) is 0 Å². The third kappa shape index (κ3) is 1.34. The quantitative estimate of drug-likeness (QED) is 0.635. The van der Waals surface area contributed by atoms with E-state index in [4.69, 9.17) is 5.26 Å². The molecule has 0 saturated carbocycles. The van der Waals surface area contributed by atoms with Crippen molar-refractivity contribution in [2.75, 3.05) is 19.6 Å². The van der Waals surface area contributed by atoms with Crippen LogP contribution in [-0.2, 0) is 0 Å². The van der Waals surface area contributed by atoms with Gasteiger partial charge in [-0.2, -0.15) is 5.26 Å². The molecule has 0 aliphatic carbocycles. The molecule has 2 fully saturated rings. The zero-order chi connectivity index (χ0) is 9.42. The van der Waals surface area contributed by atoms with Crippen molar-refractivity contribution in [2.24, 2.45) is 11.8 Å². The minimum absolute atomic E-state index is 0.0839. The Hall–Kier alpha value is -0.590. The van der Waals surface area contributed by atoms with E-state index in [0.717, 1.165) is 31.5 Å². The van der Waals surface area contributed by atoms with Crippen molar-refractivity contribution in [3.05, 3.63) is 0 Å². The van der Waals surface area contributed by atoms with E-state index in [9.17, 15) is 0 Å². The lowest BCUT2D eigenvalue weighted by atomic mass is 9.95. The summed E-state index contributed by atoms with van der Waals surface area (Å²) < 4.78 is 0. The minimum Gasteiger partial charge on any atom is -0.316 e. The normalized spacial score (nSPS) is 41.5. The highest BCUT2D eigenvalue weighted by molar-refractivity contribution is 5.02. The summed E-state index contributed by atoms with van der Waals surface area (Å²) in [6.45, 7) is 7.65. The van der Waals surface area contributed by atoms with E-state index in [-0.39, 0.29) is 6.04 Å². The van der Waals surface area contributed by atoms with Crippen molar-refractivity contribution < 1.29 is 0 Å². The molecule has 3 heteroatoms. The molecule has 0 amide bonds. The van der Waals surface area contributed by atoms with Gasteiger partial charge in [0.05, 0.1) is 12.1 Å². The van der Waals surface area contributed by atoms with Gasteiger partial charge in [-0.05, 0) is 38.8 Å². The molecule has 3 nitrogen and oxygen atoms in total. The Kier molecular flexibility index (Phi) is 2.27. The molecule has 0 aromatic heterocycles. The van der Waals surface area contributed by atoms with Crippen LogP contribution in [0.15, 0.2) is 0 Å². The second kappa shape index (κ2) is 3.28. The van der Waals surface area contributed by atoms with Gasteiger partial charge in [0, 0.05) is 12.6 Å². The Morgan fingerprint density at radius 1 is 1.54 bits per heavy atom. The first-order valence-electron chi connectivity index (χ1n) is 5.10. The van der Waals surface area contributed by atoms with Crippen LogP contribution in [0.5, 0.6) is 0 Å². The number of nitrogens with zero attached hydrogens (tertiary/aromatic N) is 2. The second-order valence-electron chi connectivity index (χ2n) is 4.32. The first kappa shape index (κ1) is 8.98. The summed E-state index contributed by atoms with van der Waals surface area (Å²) in [6, 6.07) is 2.99. The number of nitrogens with one attached hydrogen (secondary N) is 1. The first-order valence-corrected chi connectivity index (χ1v) is 5.10. The maximum Gasteiger partial charge on any atom is 0.0951 e. The molecule has 2 aliphatic heterocycles. The third-order valence-corrected chi connectivity index (χ3v) is 3.66. The molecule has 4 unspecified atom stereocenters. The first-order chi connectivity index (χ1) is 6.24. The van der Waals surface area contributed by atoms with E-state index in [1.165, 1.54) is 0 Å². The van der Waals surface area contributed by atoms with Crippen LogP contribution in [-0.4, -0.2) is 36.6 Å². The standard InChI is InChI=1S/C10H17N3/c1-7(3-11)13-6-9-4-12-5-10(9)8(13)2/h7-10,12H,4-6H2,1-2H3. The van der Waals surface area contributed by atoms with Gasteiger partial charge < -0.3 is 5.32 Å². The van der Waals surface area contributed by atoms with E-state index in [1.807, 2.05) is 6.92 Å². The lowest BCUT2D eigenvalue weighted by Gasteiger charge is -2.26. The van der Waals surface area contributed by atoms with Crippen LogP contribution in [0.2, 0.25) is 0 Å². The highest BCUT2D eigenvalue weighted by atomic mass is 15.2. The summed E-state index contributed by atoms with van der Waals surface area (Å²) in [5.74, 6) is 1.56. The fourth-order valence-corrected chi connectivity index (χ4v) is 2.79. The van der Waals surface area contributed by atoms with E-state index in [0.29, 0.717) is 6.04 Å². The van der Waals surface area contributed by atoms with Crippen LogP contribution >= 0.6 is 0 Å². The van der Waals surface area contributed by atoms with Crippen molar-refractivity contribution in [3.63, 3.8) is 0 Å². The fraction of sp³-hybridized carbons (Fsp3) is 0.900. The molecule has 0 aromatic carbocycles. The monoisotopic (exact) mass is 179 g/mol. The van der Waals surface area contributed by atoms with Crippen molar-refractivity contribution in [2.45, 2.75) is 25.9 Å². The summed E-state index contributed by atoms with van der Waals surface area (Å²) in [7, 11) is 0. The molecule has 0 spiro atoms. The lowest BCUT2D eigenvalue weighted by Crippen LogP contribution is -2.38. The average molecular weight is 179 g/mol. The molecule has 1 N–H and O–H groups in total. The summed E-state index contributed by atoms with van der Waals surface area (Å²) >= 11 is 0. The Morgan fingerprint density at radius 2 is 2.31 bits per heavy atom. The highest BCUT2D eigenvalue weighted by Gasteiger charge is 2.43. The van der Waals surface area contributed by atoms with Gasteiger partial charge >= 0.3 is 0 Å². The largest absolute Gasteiger partial charge is 0.316 e. The number of fused-ring (bicyclic) bond motifs is 1. The van der Waals surface area contributed by atoms with Gasteiger partial charge in [-0.1, -0.05) is 0 Å². The van der Waals surface area contributed by atoms with Gasteiger partial charge in [-0.25, -0.2) is 0 Å². The number of hydrogen-bond donors (Lipinski definition) is 1. The number of nitriles is 1. The molecular formula is C10H17N3. The second-order valence-corrected chi connectivity index (χ2v) is 4.32. The molecule has 0 radical (unpaired) electrons. The maximum atomic E-state index is 8.87. The van der Waals surface area contributed by atoms with Crippen LogP contribution < -0.4 is 5.32 Å². The number of rotatable bonds is 1. The van der Waals surface area contributed by atoms with Gasteiger partial charge in [0.2, 0.25) is 0 Å². The van der Waals surface area contributed by atoms with Crippen LogP contribution in [0.3, 0.4) is 0 Å². The Labute approximate surface area is 79.7 Å². The molecule has 2 saturated heterocycles. The smallest absolute Gasteiger partial charge is 0.0951 e. The topological polar surface area (TPSA) is 39.1 Å². The fourth-order valence-electron chi connectivity index (χ4n) is 2.79. The Bertz CT molecular complexity index is 233. The van der Waals surface area contributed by atoms with E-state index < -0.39 is 0 Å². The summed E-state index contributed by atoms with van der Waals surface area (Å²) in [4.78, 5) is 2.34. The maximum absolute atomic E-state index is 8.87. The van der Waals surface area contributed by atoms with Crippen molar-refractivity contribution in [1.29, 1.82) is 5.26 Å². The van der Waals surface area contributed by atoms with Crippen molar-refractivity contribution >= 4 is 0 Å². The zero-order valence-electron chi connectivity index (χ0n) is 8.33. The molecule has 72 valence electrons. The lowest BCUT2D eigenvalue weighted by molar-refractivity contribution is 0.214. The van der Waals surface area contributed by atoms with Crippen LogP contribution in [0.1, 0.15) is 13.8 Å². The highest BCUT2D eigenvalue weighted by Crippen LogP contribution is 2.33. The molecule has 2 heterocycles. The molecule has 13 heavy (non-hydrogen) atoms. The van der Waals surface area contributed by atoms with Gasteiger partial charge in [-0.3, -0.25) is 4.90 Å². The predicted molar refractivity (Wildman–Crippen MR) is 51.1 cm³/mol. The SMILES string of the molecule is CC(C#N)N1CC2CNCC2C1C. The molecule has 0 aromatic rings. The third-order valence-electron chi connectivity index (χ3n) is 3.66. The van der Waals surface area contributed by atoms with Crippen molar-refractivity contribution in [3.8, 4) is 6.07 Å². The molecular weight excluding hydrogens is 162 g/mol. The summed E-state index contributed by atoms with van der Waals surface area (Å²) in [5.41, 5.74) is 0. The van der Waals surface area contributed by atoms with Crippen LogP contribution in [0.25, 0.3) is 0 Å². The Morgan fingerprint density at radius 3 is 2.92 bits per heavy atom. The zero-order valence-corrected chi connectivity index (χ0v) is 8.33. The summed E-state index contributed by atoms with van der Waals surface area (Å²) in [5, 5.41) is 12.3. The van der Waals surface area contributed by atoms with Gasteiger partial charge in [-0.15, -0.1) is 0 Å². The van der Waals surface area contributed by atoms with Gasteiger partial charge in [0.1, 0.15) is 0 Å². The number of likely N-dealkylation sites (tertiary alicyclic amines) is 1.